The molecule has 0 bridgehead atoms. The zero-order valence-corrected chi connectivity index (χ0v) is 11.0. The molecule has 4 nitrogen and oxygen atoms in total. The van der Waals surface area contributed by atoms with Crippen molar-refractivity contribution >= 4 is 5.65 Å². The van der Waals surface area contributed by atoms with Crippen LogP contribution in [0.4, 0.5) is 0 Å². The normalized spacial score (nSPS) is 17.4. The lowest BCUT2D eigenvalue weighted by atomic mass is 9.84. The minimum absolute atomic E-state index is 0.0949. The highest BCUT2D eigenvalue weighted by molar-refractivity contribution is 5.42. The lowest BCUT2D eigenvalue weighted by molar-refractivity contribution is 0.437. The van der Waals surface area contributed by atoms with Crippen LogP contribution in [0.15, 0.2) is 10.9 Å². The van der Waals surface area contributed by atoms with Crippen molar-refractivity contribution in [1.82, 2.24) is 14.6 Å². The van der Waals surface area contributed by atoms with Crippen molar-refractivity contribution in [3.8, 4) is 0 Å². The molecule has 0 aliphatic heterocycles. The summed E-state index contributed by atoms with van der Waals surface area (Å²) in [6.45, 7) is 3.91. The zero-order chi connectivity index (χ0) is 12.7. The Balaban J connectivity index is 2.18. The molecule has 1 N–H and O–H groups in total. The summed E-state index contributed by atoms with van der Waals surface area (Å²) in [5.41, 5.74) is 3.63. The second-order valence-corrected chi connectivity index (χ2v) is 5.38. The third kappa shape index (κ3) is 1.76. The highest BCUT2D eigenvalue weighted by Crippen LogP contribution is 2.32. The second-order valence-electron chi connectivity index (χ2n) is 5.38. The minimum Gasteiger partial charge on any atom is -0.294 e. The maximum absolute atomic E-state index is 12.6. The van der Waals surface area contributed by atoms with Gasteiger partial charge in [-0.15, -0.1) is 0 Å². The van der Waals surface area contributed by atoms with E-state index in [2.05, 4.69) is 10.1 Å². The van der Waals surface area contributed by atoms with Crippen LogP contribution in [0.1, 0.15) is 55.0 Å². The van der Waals surface area contributed by atoms with Gasteiger partial charge in [-0.3, -0.25) is 9.89 Å². The molecule has 1 saturated carbocycles. The lowest BCUT2D eigenvalue weighted by Crippen LogP contribution is -2.25. The van der Waals surface area contributed by atoms with Crippen molar-refractivity contribution in [2.75, 3.05) is 0 Å². The Labute approximate surface area is 106 Å². The van der Waals surface area contributed by atoms with Crippen molar-refractivity contribution in [2.24, 2.45) is 0 Å². The van der Waals surface area contributed by atoms with Gasteiger partial charge in [-0.25, -0.2) is 9.50 Å². The SMILES string of the molecule is Cc1cc2nc(C)c(C3CCCCC3)c(=O)n2[nH]1. The molecule has 0 spiro atoms. The molecular formula is C14H19N3O. The Morgan fingerprint density at radius 2 is 2.00 bits per heavy atom. The van der Waals surface area contributed by atoms with E-state index in [4.69, 9.17) is 0 Å². The molecule has 0 atom stereocenters. The Kier molecular flexibility index (Phi) is 2.73. The fraction of sp³-hybridized carbons (Fsp3) is 0.571. The number of aryl methyl sites for hydroxylation is 2. The number of nitrogens with zero attached hydrogens (tertiary/aromatic N) is 2. The van der Waals surface area contributed by atoms with Gasteiger partial charge in [0.05, 0.1) is 0 Å². The van der Waals surface area contributed by atoms with Gasteiger partial charge in [-0.2, -0.15) is 0 Å². The minimum atomic E-state index is 0.0949. The van der Waals surface area contributed by atoms with Crippen molar-refractivity contribution in [2.45, 2.75) is 51.9 Å². The van der Waals surface area contributed by atoms with Crippen molar-refractivity contribution in [3.63, 3.8) is 0 Å². The summed E-state index contributed by atoms with van der Waals surface area (Å²) < 4.78 is 1.59. The molecule has 2 heterocycles. The van der Waals surface area contributed by atoms with Crippen LogP contribution in [-0.4, -0.2) is 14.6 Å². The van der Waals surface area contributed by atoms with Gasteiger partial charge in [0.25, 0.3) is 5.56 Å². The van der Waals surface area contributed by atoms with Gasteiger partial charge in [-0.1, -0.05) is 19.3 Å². The van der Waals surface area contributed by atoms with Gasteiger partial charge in [0, 0.05) is 23.0 Å². The van der Waals surface area contributed by atoms with Crippen LogP contribution >= 0.6 is 0 Å². The number of H-pyrrole nitrogens is 1. The first-order valence-corrected chi connectivity index (χ1v) is 6.75. The Morgan fingerprint density at radius 1 is 1.28 bits per heavy atom. The van der Waals surface area contributed by atoms with E-state index >= 15 is 0 Å². The highest BCUT2D eigenvalue weighted by Gasteiger charge is 2.22. The van der Waals surface area contributed by atoms with Gasteiger partial charge >= 0.3 is 0 Å². The molecule has 3 rings (SSSR count). The van der Waals surface area contributed by atoms with Crippen LogP contribution in [0.25, 0.3) is 5.65 Å². The first kappa shape index (κ1) is 11.5. The van der Waals surface area contributed by atoms with E-state index in [1.54, 1.807) is 4.52 Å². The maximum atomic E-state index is 12.6. The monoisotopic (exact) mass is 245 g/mol. The molecule has 0 radical (unpaired) electrons. The molecule has 1 fully saturated rings. The Morgan fingerprint density at radius 3 is 2.72 bits per heavy atom. The van der Waals surface area contributed by atoms with Crippen LogP contribution in [0.5, 0.6) is 0 Å². The lowest BCUT2D eigenvalue weighted by Gasteiger charge is -2.22. The first-order valence-electron chi connectivity index (χ1n) is 6.75. The largest absolute Gasteiger partial charge is 0.294 e. The molecule has 0 saturated heterocycles. The molecule has 96 valence electrons. The van der Waals surface area contributed by atoms with Crippen molar-refractivity contribution in [1.29, 1.82) is 0 Å². The average Bonchev–Trinajstić information content (AvgIpc) is 2.71. The van der Waals surface area contributed by atoms with E-state index in [1.807, 2.05) is 19.9 Å². The molecule has 2 aromatic heterocycles. The van der Waals surface area contributed by atoms with E-state index in [0.29, 0.717) is 5.92 Å². The predicted molar refractivity (Wildman–Crippen MR) is 71.1 cm³/mol. The summed E-state index contributed by atoms with van der Waals surface area (Å²) in [7, 11) is 0. The number of hydrogen-bond acceptors (Lipinski definition) is 2. The summed E-state index contributed by atoms with van der Waals surface area (Å²) in [4.78, 5) is 17.1. The standard InChI is InChI=1S/C14H19N3O/c1-9-8-12-15-10(2)13(14(18)17(12)16-9)11-6-4-3-5-7-11/h8,11,16H,3-7H2,1-2H3. The summed E-state index contributed by atoms with van der Waals surface area (Å²) in [6, 6.07) is 1.92. The van der Waals surface area contributed by atoms with Gasteiger partial charge < -0.3 is 0 Å². The molecule has 2 aromatic rings. The molecule has 0 aromatic carbocycles. The topological polar surface area (TPSA) is 50.2 Å². The maximum Gasteiger partial charge on any atom is 0.276 e. The molecule has 1 aliphatic carbocycles. The van der Waals surface area contributed by atoms with E-state index < -0.39 is 0 Å². The Bertz CT molecular complexity index is 632. The van der Waals surface area contributed by atoms with Crippen molar-refractivity contribution < 1.29 is 0 Å². The summed E-state index contributed by atoms with van der Waals surface area (Å²) >= 11 is 0. The molecule has 18 heavy (non-hydrogen) atoms. The number of aromatic amines is 1. The average molecular weight is 245 g/mol. The highest BCUT2D eigenvalue weighted by atomic mass is 16.1. The third-order valence-electron chi connectivity index (χ3n) is 3.98. The van der Waals surface area contributed by atoms with Crippen LogP contribution in [-0.2, 0) is 0 Å². The predicted octanol–water partition coefficient (Wildman–Crippen LogP) is 2.69. The molecule has 0 amide bonds. The van der Waals surface area contributed by atoms with E-state index in [0.717, 1.165) is 35.4 Å². The van der Waals surface area contributed by atoms with E-state index in [-0.39, 0.29) is 5.56 Å². The number of aromatic nitrogens is 3. The van der Waals surface area contributed by atoms with Gasteiger partial charge in [0.15, 0.2) is 5.65 Å². The fourth-order valence-corrected chi connectivity index (χ4v) is 3.13. The van der Waals surface area contributed by atoms with Crippen LogP contribution in [0.2, 0.25) is 0 Å². The van der Waals surface area contributed by atoms with Crippen LogP contribution < -0.4 is 5.56 Å². The van der Waals surface area contributed by atoms with Gasteiger partial charge in [0.2, 0.25) is 0 Å². The summed E-state index contributed by atoms with van der Waals surface area (Å²) in [6.07, 6.45) is 6.02. The number of fused-ring (bicyclic) bond motifs is 1. The third-order valence-corrected chi connectivity index (χ3v) is 3.98. The van der Waals surface area contributed by atoms with Crippen LogP contribution in [0, 0.1) is 13.8 Å². The smallest absolute Gasteiger partial charge is 0.276 e. The molecular weight excluding hydrogens is 226 g/mol. The Hall–Kier alpha value is -1.58. The summed E-state index contributed by atoms with van der Waals surface area (Å²) in [5.74, 6) is 0.402. The van der Waals surface area contributed by atoms with Gasteiger partial charge in [0.1, 0.15) is 0 Å². The van der Waals surface area contributed by atoms with E-state index in [9.17, 15) is 4.79 Å². The summed E-state index contributed by atoms with van der Waals surface area (Å²) in [5, 5.41) is 3.08. The van der Waals surface area contributed by atoms with E-state index in [1.165, 1.54) is 19.3 Å². The molecule has 0 unspecified atom stereocenters. The van der Waals surface area contributed by atoms with Gasteiger partial charge in [-0.05, 0) is 32.6 Å². The molecule has 1 aliphatic rings. The number of hydrogen-bond donors (Lipinski definition) is 1. The fourth-order valence-electron chi connectivity index (χ4n) is 3.13. The number of nitrogens with one attached hydrogen (secondary N) is 1. The number of rotatable bonds is 1. The first-order chi connectivity index (χ1) is 8.66. The van der Waals surface area contributed by atoms with Crippen LogP contribution in [0.3, 0.4) is 0 Å². The zero-order valence-electron chi connectivity index (χ0n) is 11.0. The second kappa shape index (κ2) is 4.26. The van der Waals surface area contributed by atoms with Crippen molar-refractivity contribution in [3.05, 3.63) is 33.4 Å². The molecule has 4 heteroatoms. The quantitative estimate of drug-likeness (QED) is 0.839.